The van der Waals surface area contributed by atoms with Gasteiger partial charge in [0.05, 0.1) is 0 Å². The van der Waals surface area contributed by atoms with E-state index in [4.69, 9.17) is 5.73 Å². The van der Waals surface area contributed by atoms with Crippen molar-refractivity contribution >= 4 is 5.91 Å². The molecule has 1 heterocycles. The van der Waals surface area contributed by atoms with Crippen molar-refractivity contribution in [3.05, 3.63) is 35.1 Å². The summed E-state index contributed by atoms with van der Waals surface area (Å²) in [5, 5.41) is 0. The monoisotopic (exact) mass is 293 g/mol. The highest BCUT2D eigenvalue weighted by Gasteiger charge is 2.23. The topological polar surface area (TPSA) is 49.6 Å². The van der Waals surface area contributed by atoms with Gasteiger partial charge in [0.25, 0.3) is 5.91 Å². The van der Waals surface area contributed by atoms with Gasteiger partial charge in [0, 0.05) is 38.3 Å². The highest BCUT2D eigenvalue weighted by molar-refractivity contribution is 5.95. The number of carbonyl (C=O) groups is 1. The van der Waals surface area contributed by atoms with Gasteiger partial charge in [0.2, 0.25) is 0 Å². The lowest BCUT2D eigenvalue weighted by atomic mass is 10.1. The Morgan fingerprint density at radius 1 is 1.33 bits per heavy atom. The zero-order valence-corrected chi connectivity index (χ0v) is 12.8. The van der Waals surface area contributed by atoms with Gasteiger partial charge < -0.3 is 10.6 Å². The van der Waals surface area contributed by atoms with Crippen LogP contribution in [-0.4, -0.2) is 55.0 Å². The van der Waals surface area contributed by atoms with Gasteiger partial charge in [-0.05, 0) is 37.1 Å². The van der Waals surface area contributed by atoms with E-state index in [0.717, 1.165) is 25.2 Å². The molecular formula is C16H24FN3O. The molecule has 0 aliphatic carbocycles. The molecule has 116 valence electrons. The van der Waals surface area contributed by atoms with Crippen LogP contribution in [0.1, 0.15) is 22.8 Å². The number of benzene rings is 1. The molecule has 1 aliphatic heterocycles. The second kappa shape index (κ2) is 7.00. The van der Waals surface area contributed by atoms with Crippen LogP contribution in [0.5, 0.6) is 0 Å². The van der Waals surface area contributed by atoms with Crippen molar-refractivity contribution in [3.8, 4) is 0 Å². The molecular weight excluding hydrogens is 269 g/mol. The van der Waals surface area contributed by atoms with Crippen molar-refractivity contribution in [2.75, 3.05) is 39.3 Å². The number of piperazine rings is 1. The van der Waals surface area contributed by atoms with Crippen molar-refractivity contribution < 1.29 is 9.18 Å². The number of hydrogen-bond acceptors (Lipinski definition) is 3. The average Bonchev–Trinajstić information content (AvgIpc) is 2.49. The van der Waals surface area contributed by atoms with E-state index in [9.17, 15) is 9.18 Å². The van der Waals surface area contributed by atoms with Crippen molar-refractivity contribution in [1.29, 1.82) is 0 Å². The number of nitrogens with zero attached hydrogens (tertiary/aromatic N) is 2. The molecule has 1 aliphatic rings. The number of halogens is 1. The standard InChI is InChI=1S/C16H24FN3O/c1-12(10-18)11-19-5-7-20(8-6-19)16(21)15-9-14(17)4-3-13(15)2/h3-4,9,12H,5-8,10-11,18H2,1-2H3. The molecule has 4 nitrogen and oxygen atoms in total. The van der Waals surface area contributed by atoms with Crippen LogP contribution in [0.4, 0.5) is 4.39 Å². The second-order valence-corrected chi connectivity index (χ2v) is 5.89. The lowest BCUT2D eigenvalue weighted by Gasteiger charge is -2.36. The Morgan fingerprint density at radius 2 is 2.00 bits per heavy atom. The van der Waals surface area contributed by atoms with Gasteiger partial charge in [-0.1, -0.05) is 13.0 Å². The third-order valence-electron chi connectivity index (χ3n) is 4.06. The summed E-state index contributed by atoms with van der Waals surface area (Å²) < 4.78 is 13.3. The second-order valence-electron chi connectivity index (χ2n) is 5.89. The molecule has 2 rings (SSSR count). The van der Waals surface area contributed by atoms with Gasteiger partial charge in [-0.2, -0.15) is 0 Å². The zero-order valence-electron chi connectivity index (χ0n) is 12.8. The van der Waals surface area contributed by atoms with E-state index in [1.54, 1.807) is 6.07 Å². The van der Waals surface area contributed by atoms with Crippen LogP contribution >= 0.6 is 0 Å². The van der Waals surface area contributed by atoms with Crippen LogP contribution < -0.4 is 5.73 Å². The third-order valence-corrected chi connectivity index (χ3v) is 4.06. The summed E-state index contributed by atoms with van der Waals surface area (Å²) >= 11 is 0. The molecule has 1 saturated heterocycles. The lowest BCUT2D eigenvalue weighted by molar-refractivity contribution is 0.0620. The molecule has 0 aromatic heterocycles. The Labute approximate surface area is 125 Å². The van der Waals surface area contributed by atoms with E-state index in [1.807, 2.05) is 11.8 Å². The molecule has 0 bridgehead atoms. The molecule has 5 heteroatoms. The molecule has 21 heavy (non-hydrogen) atoms. The van der Waals surface area contributed by atoms with Gasteiger partial charge in [-0.3, -0.25) is 9.69 Å². The average molecular weight is 293 g/mol. The quantitative estimate of drug-likeness (QED) is 0.915. The SMILES string of the molecule is Cc1ccc(F)cc1C(=O)N1CCN(CC(C)CN)CC1. The largest absolute Gasteiger partial charge is 0.336 e. The maximum absolute atomic E-state index is 13.3. The minimum Gasteiger partial charge on any atom is -0.336 e. The summed E-state index contributed by atoms with van der Waals surface area (Å²) in [6, 6.07) is 4.38. The van der Waals surface area contributed by atoms with Gasteiger partial charge in [-0.15, -0.1) is 0 Å². The normalized spacial score (nSPS) is 17.8. The molecule has 0 saturated carbocycles. The maximum atomic E-state index is 13.3. The molecule has 2 N–H and O–H groups in total. The Hall–Kier alpha value is -1.46. The molecule has 1 atom stereocenters. The Balaban J connectivity index is 1.95. The first-order valence-electron chi connectivity index (χ1n) is 7.49. The van der Waals surface area contributed by atoms with E-state index in [-0.39, 0.29) is 11.7 Å². The van der Waals surface area contributed by atoms with Crippen LogP contribution in [0.3, 0.4) is 0 Å². The van der Waals surface area contributed by atoms with E-state index in [2.05, 4.69) is 11.8 Å². The summed E-state index contributed by atoms with van der Waals surface area (Å²) in [4.78, 5) is 16.6. The summed E-state index contributed by atoms with van der Waals surface area (Å²) in [5.74, 6) is 0.0376. The summed E-state index contributed by atoms with van der Waals surface area (Å²) in [5.41, 5.74) is 6.94. The van der Waals surface area contributed by atoms with Crippen LogP contribution in [0.15, 0.2) is 18.2 Å². The molecule has 1 unspecified atom stereocenters. The van der Waals surface area contributed by atoms with Crippen LogP contribution in [0.2, 0.25) is 0 Å². The Kier molecular flexibility index (Phi) is 5.31. The van der Waals surface area contributed by atoms with E-state index in [1.165, 1.54) is 12.1 Å². The Bertz CT molecular complexity index is 498. The summed E-state index contributed by atoms with van der Waals surface area (Å²) in [6.45, 7) is 8.70. The third kappa shape index (κ3) is 4.02. The summed E-state index contributed by atoms with van der Waals surface area (Å²) in [7, 11) is 0. The number of aryl methyl sites for hydroxylation is 1. The van der Waals surface area contributed by atoms with Crippen LogP contribution in [0, 0.1) is 18.7 Å². The number of nitrogens with two attached hydrogens (primary N) is 1. The van der Waals surface area contributed by atoms with E-state index >= 15 is 0 Å². The Morgan fingerprint density at radius 3 is 2.62 bits per heavy atom. The van der Waals surface area contributed by atoms with E-state index in [0.29, 0.717) is 31.1 Å². The maximum Gasteiger partial charge on any atom is 0.254 e. The van der Waals surface area contributed by atoms with Crippen molar-refractivity contribution in [1.82, 2.24) is 9.80 Å². The molecule has 1 aromatic carbocycles. The fourth-order valence-electron chi connectivity index (χ4n) is 2.64. The smallest absolute Gasteiger partial charge is 0.254 e. The number of hydrogen-bond donors (Lipinski definition) is 1. The minimum absolute atomic E-state index is 0.0708. The highest BCUT2D eigenvalue weighted by Crippen LogP contribution is 2.15. The highest BCUT2D eigenvalue weighted by atomic mass is 19.1. The lowest BCUT2D eigenvalue weighted by Crippen LogP contribution is -2.50. The van der Waals surface area contributed by atoms with Gasteiger partial charge in [0.1, 0.15) is 5.82 Å². The molecule has 0 spiro atoms. The van der Waals surface area contributed by atoms with Crippen LogP contribution in [0.25, 0.3) is 0 Å². The summed E-state index contributed by atoms with van der Waals surface area (Å²) in [6.07, 6.45) is 0. The first-order valence-corrected chi connectivity index (χ1v) is 7.49. The van der Waals surface area contributed by atoms with Crippen molar-refractivity contribution in [2.24, 2.45) is 11.7 Å². The minimum atomic E-state index is -0.362. The van der Waals surface area contributed by atoms with Crippen molar-refractivity contribution in [2.45, 2.75) is 13.8 Å². The first-order chi connectivity index (χ1) is 10.0. The van der Waals surface area contributed by atoms with Gasteiger partial charge in [0.15, 0.2) is 0 Å². The molecule has 1 fully saturated rings. The van der Waals surface area contributed by atoms with Gasteiger partial charge in [-0.25, -0.2) is 4.39 Å². The van der Waals surface area contributed by atoms with Crippen molar-refractivity contribution in [3.63, 3.8) is 0 Å². The van der Waals surface area contributed by atoms with Crippen LogP contribution in [-0.2, 0) is 0 Å². The zero-order chi connectivity index (χ0) is 15.4. The fourth-order valence-corrected chi connectivity index (χ4v) is 2.64. The molecule has 1 amide bonds. The molecule has 1 aromatic rings. The number of carbonyl (C=O) groups excluding carboxylic acids is 1. The number of amides is 1. The first kappa shape index (κ1) is 15.9. The van der Waals surface area contributed by atoms with Gasteiger partial charge >= 0.3 is 0 Å². The fraction of sp³-hybridized carbons (Fsp3) is 0.562. The van der Waals surface area contributed by atoms with E-state index < -0.39 is 0 Å². The number of rotatable bonds is 4. The predicted molar refractivity (Wildman–Crippen MR) is 81.7 cm³/mol. The molecule has 0 radical (unpaired) electrons. The predicted octanol–water partition coefficient (Wildman–Crippen LogP) is 1.49.